The third kappa shape index (κ3) is 1.59. The van der Waals surface area contributed by atoms with Crippen molar-refractivity contribution in [2.45, 2.75) is 12.8 Å². The second kappa shape index (κ2) is 4.46. The molecule has 0 saturated carbocycles. The molecule has 3 aromatic rings. The Morgan fingerprint density at radius 1 is 1.41 bits per heavy atom. The van der Waals surface area contributed by atoms with Crippen LogP contribution >= 0.6 is 0 Å². The van der Waals surface area contributed by atoms with Crippen LogP contribution < -0.4 is 5.73 Å². The molecular weight excluding hydrogens is 278 g/mol. The van der Waals surface area contributed by atoms with E-state index in [1.165, 1.54) is 0 Å². The van der Waals surface area contributed by atoms with E-state index in [0.29, 0.717) is 11.3 Å². The van der Waals surface area contributed by atoms with Gasteiger partial charge in [-0.3, -0.25) is 4.68 Å². The number of pyridine rings is 1. The highest BCUT2D eigenvalue weighted by Gasteiger charge is 2.28. The summed E-state index contributed by atoms with van der Waals surface area (Å²) < 4.78 is 7.38. The lowest BCUT2D eigenvalue weighted by Crippen LogP contribution is -2.12. The standard InChI is InChI=1S/C16H13N5O/c1-21-12-5-4-9-14(13-3-2-6-22-13)10(7-17)16(18)20-15(9)11(12)8-19-21/h2-3,6,8H,4-5H2,1H3,(H2,18,20). The number of nitrogens with two attached hydrogens (primary N) is 1. The lowest BCUT2D eigenvalue weighted by atomic mass is 9.87. The predicted molar refractivity (Wildman–Crippen MR) is 80.7 cm³/mol. The molecule has 0 unspecified atom stereocenters. The quantitative estimate of drug-likeness (QED) is 0.742. The first-order chi connectivity index (χ1) is 10.7. The van der Waals surface area contributed by atoms with Gasteiger partial charge in [-0.25, -0.2) is 4.98 Å². The lowest BCUT2D eigenvalue weighted by Gasteiger charge is -2.20. The number of anilines is 1. The van der Waals surface area contributed by atoms with Crippen LogP contribution in [0.5, 0.6) is 0 Å². The van der Waals surface area contributed by atoms with E-state index < -0.39 is 0 Å². The molecule has 22 heavy (non-hydrogen) atoms. The molecule has 0 radical (unpaired) electrons. The first kappa shape index (κ1) is 12.7. The predicted octanol–water partition coefficient (Wildman–Crippen LogP) is 2.29. The summed E-state index contributed by atoms with van der Waals surface area (Å²) >= 11 is 0. The fraction of sp³-hybridized carbons (Fsp3) is 0.188. The summed E-state index contributed by atoms with van der Waals surface area (Å²) in [5.41, 5.74) is 11.1. The molecule has 3 heterocycles. The summed E-state index contributed by atoms with van der Waals surface area (Å²) in [5, 5.41) is 13.8. The van der Waals surface area contributed by atoms with Gasteiger partial charge in [0.05, 0.1) is 18.2 Å². The van der Waals surface area contributed by atoms with E-state index in [1.807, 2.05) is 17.8 Å². The van der Waals surface area contributed by atoms with Crippen molar-refractivity contribution < 1.29 is 4.42 Å². The van der Waals surface area contributed by atoms with Gasteiger partial charge in [0.15, 0.2) is 0 Å². The van der Waals surface area contributed by atoms with Crippen molar-refractivity contribution in [2.75, 3.05) is 5.73 Å². The molecule has 0 saturated heterocycles. The zero-order valence-corrected chi connectivity index (χ0v) is 12.0. The van der Waals surface area contributed by atoms with E-state index in [2.05, 4.69) is 16.2 Å². The summed E-state index contributed by atoms with van der Waals surface area (Å²) in [6.45, 7) is 0. The van der Waals surface area contributed by atoms with E-state index >= 15 is 0 Å². The minimum absolute atomic E-state index is 0.226. The molecule has 0 atom stereocenters. The Morgan fingerprint density at radius 3 is 3.00 bits per heavy atom. The SMILES string of the molecule is Cn1ncc2c1CCc1c-2nc(N)c(C#N)c1-c1ccco1. The monoisotopic (exact) mass is 291 g/mol. The van der Waals surface area contributed by atoms with Gasteiger partial charge in [0.25, 0.3) is 0 Å². The zero-order chi connectivity index (χ0) is 15.3. The molecule has 0 bridgehead atoms. The Hall–Kier alpha value is -3.07. The molecule has 6 nitrogen and oxygen atoms in total. The summed E-state index contributed by atoms with van der Waals surface area (Å²) in [7, 11) is 1.92. The van der Waals surface area contributed by atoms with Crippen molar-refractivity contribution >= 4 is 5.82 Å². The van der Waals surface area contributed by atoms with Crippen LogP contribution in [-0.4, -0.2) is 14.8 Å². The smallest absolute Gasteiger partial charge is 0.142 e. The highest BCUT2D eigenvalue weighted by atomic mass is 16.3. The molecule has 108 valence electrons. The molecule has 3 aromatic heterocycles. The number of hydrogen-bond donors (Lipinski definition) is 1. The maximum Gasteiger partial charge on any atom is 0.142 e. The van der Waals surface area contributed by atoms with Crippen LogP contribution in [0.25, 0.3) is 22.6 Å². The Balaban J connectivity index is 2.08. The van der Waals surface area contributed by atoms with Gasteiger partial charge in [0.2, 0.25) is 0 Å². The van der Waals surface area contributed by atoms with Gasteiger partial charge in [0.1, 0.15) is 23.2 Å². The highest BCUT2D eigenvalue weighted by Crippen LogP contribution is 2.40. The molecule has 1 aliphatic rings. The van der Waals surface area contributed by atoms with Gasteiger partial charge in [0, 0.05) is 23.9 Å². The minimum Gasteiger partial charge on any atom is -0.464 e. The fourth-order valence-electron chi connectivity index (χ4n) is 3.11. The van der Waals surface area contributed by atoms with Crippen LogP contribution in [0.4, 0.5) is 5.82 Å². The van der Waals surface area contributed by atoms with Crippen molar-refractivity contribution in [1.29, 1.82) is 5.26 Å². The largest absolute Gasteiger partial charge is 0.464 e. The summed E-state index contributed by atoms with van der Waals surface area (Å²) in [6, 6.07) is 5.81. The van der Waals surface area contributed by atoms with E-state index in [4.69, 9.17) is 10.2 Å². The third-order valence-electron chi connectivity index (χ3n) is 4.13. The average Bonchev–Trinajstić information content (AvgIpc) is 3.16. The van der Waals surface area contributed by atoms with Crippen LogP contribution in [0.1, 0.15) is 16.8 Å². The van der Waals surface area contributed by atoms with Crippen molar-refractivity contribution in [3.8, 4) is 28.7 Å². The summed E-state index contributed by atoms with van der Waals surface area (Å²) in [6.07, 6.45) is 5.03. The zero-order valence-electron chi connectivity index (χ0n) is 12.0. The number of fused-ring (bicyclic) bond motifs is 3. The normalized spacial score (nSPS) is 12.5. The average molecular weight is 291 g/mol. The van der Waals surface area contributed by atoms with Crippen LogP contribution in [-0.2, 0) is 19.9 Å². The molecule has 2 N–H and O–H groups in total. The van der Waals surface area contributed by atoms with Crippen molar-refractivity contribution in [3.05, 3.63) is 41.4 Å². The first-order valence-corrected chi connectivity index (χ1v) is 6.98. The number of nitrogens with zero attached hydrogens (tertiary/aromatic N) is 4. The van der Waals surface area contributed by atoms with Crippen molar-refractivity contribution in [1.82, 2.24) is 14.8 Å². The van der Waals surface area contributed by atoms with Gasteiger partial charge >= 0.3 is 0 Å². The second-order valence-electron chi connectivity index (χ2n) is 5.29. The van der Waals surface area contributed by atoms with Crippen molar-refractivity contribution in [3.63, 3.8) is 0 Å². The number of nitriles is 1. The summed E-state index contributed by atoms with van der Waals surface area (Å²) in [5.74, 6) is 0.874. The van der Waals surface area contributed by atoms with E-state index in [1.54, 1.807) is 18.5 Å². The summed E-state index contributed by atoms with van der Waals surface area (Å²) in [4.78, 5) is 4.47. The molecule has 0 fully saturated rings. The number of hydrogen-bond acceptors (Lipinski definition) is 5. The maximum atomic E-state index is 9.47. The number of rotatable bonds is 1. The molecule has 0 aromatic carbocycles. The minimum atomic E-state index is 0.226. The van der Waals surface area contributed by atoms with Crippen LogP contribution in [0, 0.1) is 11.3 Å². The molecule has 0 spiro atoms. The maximum absolute atomic E-state index is 9.47. The molecule has 6 heteroatoms. The lowest BCUT2D eigenvalue weighted by molar-refractivity contribution is 0.581. The Kier molecular flexibility index (Phi) is 2.57. The highest BCUT2D eigenvalue weighted by molar-refractivity contribution is 5.84. The fourth-order valence-corrected chi connectivity index (χ4v) is 3.11. The number of aromatic nitrogens is 3. The Morgan fingerprint density at radius 2 is 2.27 bits per heavy atom. The van der Waals surface area contributed by atoms with Gasteiger partial charge in [-0.05, 0) is 30.5 Å². The van der Waals surface area contributed by atoms with Crippen LogP contribution in [0.15, 0.2) is 29.0 Å². The second-order valence-corrected chi connectivity index (χ2v) is 5.29. The van der Waals surface area contributed by atoms with E-state index in [9.17, 15) is 5.26 Å². The number of aryl methyl sites for hydroxylation is 1. The van der Waals surface area contributed by atoms with Crippen LogP contribution in [0.2, 0.25) is 0 Å². The van der Waals surface area contributed by atoms with Crippen molar-refractivity contribution in [2.24, 2.45) is 7.05 Å². The van der Waals surface area contributed by atoms with Gasteiger partial charge in [-0.2, -0.15) is 10.4 Å². The van der Waals surface area contributed by atoms with Gasteiger partial charge in [-0.1, -0.05) is 0 Å². The molecule has 1 aliphatic carbocycles. The molecule has 4 rings (SSSR count). The third-order valence-corrected chi connectivity index (χ3v) is 4.13. The Labute approximate surface area is 126 Å². The molecule has 0 aliphatic heterocycles. The van der Waals surface area contributed by atoms with E-state index in [0.717, 1.165) is 40.9 Å². The Bertz CT molecular complexity index is 915. The van der Waals surface area contributed by atoms with Gasteiger partial charge < -0.3 is 10.2 Å². The van der Waals surface area contributed by atoms with Crippen LogP contribution in [0.3, 0.4) is 0 Å². The molecular formula is C16H13N5O. The first-order valence-electron chi connectivity index (χ1n) is 6.98. The topological polar surface area (TPSA) is 93.7 Å². The number of furan rings is 1. The van der Waals surface area contributed by atoms with Gasteiger partial charge in [-0.15, -0.1) is 0 Å². The molecule has 0 amide bonds. The van der Waals surface area contributed by atoms with E-state index in [-0.39, 0.29) is 5.82 Å². The number of nitrogen functional groups attached to an aromatic ring is 1.